The molecule has 0 aliphatic heterocycles. The van der Waals surface area contributed by atoms with Crippen molar-refractivity contribution in [1.29, 1.82) is 0 Å². The molecule has 5 heteroatoms. The number of fused-ring (bicyclic) bond motifs is 1. The van der Waals surface area contributed by atoms with Gasteiger partial charge in [0.25, 0.3) is 0 Å². The molecule has 0 N–H and O–H groups in total. The van der Waals surface area contributed by atoms with Crippen molar-refractivity contribution in [2.24, 2.45) is 0 Å². The number of halogens is 3. The summed E-state index contributed by atoms with van der Waals surface area (Å²) in [6, 6.07) is 11.4. The third-order valence-corrected chi connectivity index (χ3v) is 4.06. The van der Waals surface area contributed by atoms with Crippen LogP contribution in [0.25, 0.3) is 22.3 Å². The Kier molecular flexibility index (Phi) is 3.67. The summed E-state index contributed by atoms with van der Waals surface area (Å²) >= 11 is 15.7. The van der Waals surface area contributed by atoms with E-state index in [2.05, 4.69) is 25.9 Å². The van der Waals surface area contributed by atoms with E-state index >= 15 is 0 Å². The summed E-state index contributed by atoms with van der Waals surface area (Å²) < 4.78 is 0.957. The molecule has 0 atom stereocenters. The summed E-state index contributed by atoms with van der Waals surface area (Å²) in [6.45, 7) is 1.98. The molecular weight excluding hydrogens is 359 g/mol. The van der Waals surface area contributed by atoms with Crippen LogP contribution in [-0.2, 0) is 0 Å². The number of nitrogens with zero attached hydrogens (tertiary/aromatic N) is 2. The molecule has 3 rings (SSSR count). The van der Waals surface area contributed by atoms with Gasteiger partial charge in [0.2, 0.25) is 0 Å². The third kappa shape index (κ3) is 2.53. The first-order valence-corrected chi connectivity index (χ1v) is 7.49. The maximum atomic E-state index is 6.26. The molecule has 0 amide bonds. The van der Waals surface area contributed by atoms with Gasteiger partial charge < -0.3 is 0 Å². The molecule has 20 heavy (non-hydrogen) atoms. The molecule has 0 spiro atoms. The summed E-state index contributed by atoms with van der Waals surface area (Å²) in [5, 5.41) is 1.98. The molecular formula is C15H9BrCl2N2. The Morgan fingerprint density at radius 1 is 1.00 bits per heavy atom. The van der Waals surface area contributed by atoms with Crippen LogP contribution in [0, 0.1) is 6.92 Å². The van der Waals surface area contributed by atoms with E-state index in [-0.39, 0.29) is 0 Å². The van der Waals surface area contributed by atoms with Crippen molar-refractivity contribution < 1.29 is 0 Å². The van der Waals surface area contributed by atoms with Crippen LogP contribution in [0.5, 0.6) is 0 Å². The van der Waals surface area contributed by atoms with E-state index in [0.717, 1.165) is 26.5 Å². The maximum absolute atomic E-state index is 6.26. The van der Waals surface area contributed by atoms with Crippen molar-refractivity contribution in [1.82, 2.24) is 9.97 Å². The van der Waals surface area contributed by atoms with E-state index in [1.165, 1.54) is 0 Å². The Hall–Kier alpha value is -1.16. The minimum Gasteiger partial charge on any atom is -0.228 e. The fraction of sp³-hybridized carbons (Fsp3) is 0.0667. The SMILES string of the molecule is Cc1cc(Cl)ccc1-c1nc(Cl)c2ccc(Br)cc2n1. The molecule has 0 unspecified atom stereocenters. The Labute approximate surface area is 134 Å². The third-order valence-electron chi connectivity index (χ3n) is 3.04. The highest BCUT2D eigenvalue weighted by atomic mass is 79.9. The van der Waals surface area contributed by atoms with E-state index in [1.54, 1.807) is 0 Å². The minimum atomic E-state index is 0.451. The quantitative estimate of drug-likeness (QED) is 0.517. The van der Waals surface area contributed by atoms with Gasteiger partial charge >= 0.3 is 0 Å². The van der Waals surface area contributed by atoms with Gasteiger partial charge in [-0.1, -0.05) is 39.1 Å². The van der Waals surface area contributed by atoms with Crippen molar-refractivity contribution >= 4 is 50.0 Å². The Bertz CT molecular complexity index is 818. The van der Waals surface area contributed by atoms with E-state index < -0.39 is 0 Å². The number of hydrogen-bond acceptors (Lipinski definition) is 2. The summed E-state index contributed by atoms with van der Waals surface area (Å²) in [4.78, 5) is 8.98. The van der Waals surface area contributed by atoms with E-state index in [1.807, 2.05) is 43.3 Å². The van der Waals surface area contributed by atoms with Gasteiger partial charge in [-0.2, -0.15) is 0 Å². The summed E-state index contributed by atoms with van der Waals surface area (Å²) in [5.74, 6) is 0.606. The summed E-state index contributed by atoms with van der Waals surface area (Å²) in [5.41, 5.74) is 2.75. The highest BCUT2D eigenvalue weighted by molar-refractivity contribution is 9.10. The number of aromatic nitrogens is 2. The monoisotopic (exact) mass is 366 g/mol. The molecule has 0 radical (unpaired) electrons. The van der Waals surface area contributed by atoms with Crippen molar-refractivity contribution in [2.75, 3.05) is 0 Å². The Morgan fingerprint density at radius 2 is 1.80 bits per heavy atom. The van der Waals surface area contributed by atoms with Crippen LogP contribution >= 0.6 is 39.1 Å². The highest BCUT2D eigenvalue weighted by Gasteiger charge is 2.10. The summed E-state index contributed by atoms with van der Waals surface area (Å²) in [7, 11) is 0. The first-order chi connectivity index (χ1) is 9.54. The molecule has 0 aliphatic rings. The first-order valence-electron chi connectivity index (χ1n) is 5.94. The lowest BCUT2D eigenvalue weighted by Crippen LogP contribution is -1.94. The van der Waals surface area contributed by atoms with E-state index in [4.69, 9.17) is 23.2 Å². The largest absolute Gasteiger partial charge is 0.228 e. The second-order valence-corrected chi connectivity index (χ2v) is 6.17. The van der Waals surface area contributed by atoms with Crippen LogP contribution in [0.15, 0.2) is 40.9 Å². The zero-order valence-corrected chi connectivity index (χ0v) is 13.6. The molecule has 2 nitrogen and oxygen atoms in total. The molecule has 2 aromatic carbocycles. The van der Waals surface area contributed by atoms with Crippen LogP contribution in [0.3, 0.4) is 0 Å². The van der Waals surface area contributed by atoms with Gasteiger partial charge in [-0.3, -0.25) is 0 Å². The predicted octanol–water partition coefficient (Wildman–Crippen LogP) is 5.67. The van der Waals surface area contributed by atoms with Gasteiger partial charge in [-0.05, 0) is 48.9 Å². The zero-order valence-electron chi connectivity index (χ0n) is 10.5. The fourth-order valence-corrected chi connectivity index (χ4v) is 2.88. The van der Waals surface area contributed by atoms with Crippen LogP contribution in [0.1, 0.15) is 5.56 Å². The van der Waals surface area contributed by atoms with E-state index in [9.17, 15) is 0 Å². The van der Waals surface area contributed by atoms with Crippen LogP contribution < -0.4 is 0 Å². The lowest BCUT2D eigenvalue weighted by Gasteiger charge is -2.08. The number of rotatable bonds is 1. The molecule has 0 saturated carbocycles. The molecule has 0 bridgehead atoms. The molecule has 1 heterocycles. The average molecular weight is 368 g/mol. The van der Waals surface area contributed by atoms with Gasteiger partial charge in [-0.15, -0.1) is 0 Å². The van der Waals surface area contributed by atoms with Gasteiger partial charge in [0.1, 0.15) is 5.15 Å². The molecule has 1 aromatic heterocycles. The molecule has 100 valence electrons. The molecule has 0 fully saturated rings. The Morgan fingerprint density at radius 3 is 2.55 bits per heavy atom. The Balaban J connectivity index is 2.26. The van der Waals surface area contributed by atoms with Gasteiger partial charge in [-0.25, -0.2) is 9.97 Å². The van der Waals surface area contributed by atoms with E-state index in [0.29, 0.717) is 16.0 Å². The number of aryl methyl sites for hydroxylation is 1. The zero-order chi connectivity index (χ0) is 14.3. The fourth-order valence-electron chi connectivity index (χ4n) is 2.06. The lowest BCUT2D eigenvalue weighted by atomic mass is 10.1. The number of benzene rings is 2. The van der Waals surface area contributed by atoms with Crippen LogP contribution in [0.2, 0.25) is 10.2 Å². The van der Waals surface area contributed by atoms with Gasteiger partial charge in [0, 0.05) is 20.4 Å². The van der Waals surface area contributed by atoms with Crippen molar-refractivity contribution in [3.05, 3.63) is 56.6 Å². The molecule has 3 aromatic rings. The van der Waals surface area contributed by atoms with Gasteiger partial charge in [0.05, 0.1) is 5.52 Å². The lowest BCUT2D eigenvalue weighted by molar-refractivity contribution is 1.21. The molecule has 0 aliphatic carbocycles. The first kappa shape index (κ1) is 13.8. The predicted molar refractivity (Wildman–Crippen MR) is 87.4 cm³/mol. The highest BCUT2D eigenvalue weighted by Crippen LogP contribution is 2.29. The van der Waals surface area contributed by atoms with Crippen LogP contribution in [-0.4, -0.2) is 9.97 Å². The van der Waals surface area contributed by atoms with Gasteiger partial charge in [0.15, 0.2) is 5.82 Å². The van der Waals surface area contributed by atoms with Crippen molar-refractivity contribution in [3.63, 3.8) is 0 Å². The smallest absolute Gasteiger partial charge is 0.161 e. The average Bonchev–Trinajstić information content (AvgIpc) is 2.37. The van der Waals surface area contributed by atoms with Crippen LogP contribution in [0.4, 0.5) is 0 Å². The minimum absolute atomic E-state index is 0.451. The number of hydrogen-bond donors (Lipinski definition) is 0. The van der Waals surface area contributed by atoms with Crippen molar-refractivity contribution in [3.8, 4) is 11.4 Å². The standard InChI is InChI=1S/C15H9BrCl2N2/c1-8-6-10(17)3-5-11(8)15-19-13-7-9(16)2-4-12(13)14(18)20-15/h2-7H,1H3. The summed E-state index contributed by atoms with van der Waals surface area (Å²) in [6.07, 6.45) is 0. The van der Waals surface area contributed by atoms with Crippen molar-refractivity contribution in [2.45, 2.75) is 6.92 Å². The second kappa shape index (κ2) is 5.32. The molecule has 0 saturated heterocycles. The second-order valence-electron chi connectivity index (χ2n) is 4.46. The maximum Gasteiger partial charge on any atom is 0.161 e. The topological polar surface area (TPSA) is 25.8 Å². The normalized spacial score (nSPS) is 11.0.